The summed E-state index contributed by atoms with van der Waals surface area (Å²) in [6.45, 7) is 7.74. The first kappa shape index (κ1) is 29.1. The van der Waals surface area contributed by atoms with Gasteiger partial charge in [-0.2, -0.15) is 0 Å². The number of hydrogen-bond donors (Lipinski definition) is 2. The minimum Gasteiger partial charge on any atom is -0.495 e. The third-order valence-electron chi connectivity index (χ3n) is 7.40. The van der Waals surface area contributed by atoms with E-state index in [1.807, 2.05) is 13.0 Å². The molecule has 0 saturated carbocycles. The van der Waals surface area contributed by atoms with Crippen molar-refractivity contribution in [3.63, 3.8) is 0 Å². The molecule has 1 amide bonds. The highest BCUT2D eigenvalue weighted by Crippen LogP contribution is 2.47. The SMILES string of the molecule is C=CC(=O)N[C@H]1CCOC[C@H]1Nc1ncc2cc(-c3c(Cl)c(OC)cc(OC)c3Cl)nc(N3CC(C)(OC)C3)c2n1. The zero-order chi connectivity index (χ0) is 29.3. The second-order valence-electron chi connectivity index (χ2n) is 10.2. The summed E-state index contributed by atoms with van der Waals surface area (Å²) in [6, 6.07) is 3.07. The van der Waals surface area contributed by atoms with Crippen LogP contribution < -0.4 is 25.0 Å². The molecule has 2 aliphatic rings. The fourth-order valence-electron chi connectivity index (χ4n) is 5.05. The van der Waals surface area contributed by atoms with Gasteiger partial charge in [-0.1, -0.05) is 29.8 Å². The first-order valence-corrected chi connectivity index (χ1v) is 13.8. The van der Waals surface area contributed by atoms with Gasteiger partial charge in [-0.3, -0.25) is 4.79 Å². The molecule has 0 unspecified atom stereocenters. The van der Waals surface area contributed by atoms with E-state index < -0.39 is 0 Å². The molecule has 4 heterocycles. The number of anilines is 2. The maximum absolute atomic E-state index is 12.0. The molecule has 2 saturated heterocycles. The number of nitrogens with one attached hydrogen (secondary N) is 2. The Kier molecular flexibility index (Phi) is 8.42. The third-order valence-corrected chi connectivity index (χ3v) is 8.15. The van der Waals surface area contributed by atoms with Gasteiger partial charge in [0.25, 0.3) is 0 Å². The monoisotopic (exact) mass is 602 g/mol. The van der Waals surface area contributed by atoms with Crippen LogP contribution in [0.5, 0.6) is 11.5 Å². The molecular weight excluding hydrogens is 571 g/mol. The van der Waals surface area contributed by atoms with Crippen molar-refractivity contribution in [1.29, 1.82) is 0 Å². The maximum Gasteiger partial charge on any atom is 0.243 e. The lowest BCUT2D eigenvalue weighted by Gasteiger charge is -2.47. The standard InChI is InChI=1S/C28H32Cl2N6O5/c1-6-21(37)32-16-7-8-41-12-18(16)34-27-31-11-15-9-17(22-23(29)19(38-3)10-20(39-4)24(22)30)33-26(25(15)35-27)36-13-28(2,14-36)40-5/h6,9-11,16,18H,1,7-8,12-14H2,2-5H3,(H,32,37)(H,31,34,35)/t16-,18+/m0/s1. The molecule has 13 heteroatoms. The molecule has 3 aromatic rings. The van der Waals surface area contributed by atoms with E-state index in [9.17, 15) is 4.79 Å². The predicted octanol–water partition coefficient (Wildman–Crippen LogP) is 4.11. The summed E-state index contributed by atoms with van der Waals surface area (Å²) in [5.41, 5.74) is 1.31. The number of methoxy groups -OCH3 is 3. The van der Waals surface area contributed by atoms with Gasteiger partial charge in [-0.05, 0) is 25.5 Å². The molecule has 11 nitrogen and oxygen atoms in total. The van der Waals surface area contributed by atoms with Crippen molar-refractivity contribution in [2.75, 3.05) is 57.8 Å². The summed E-state index contributed by atoms with van der Waals surface area (Å²) in [5, 5.41) is 7.64. The molecular formula is C28H32Cl2N6O5. The summed E-state index contributed by atoms with van der Waals surface area (Å²) >= 11 is 13.5. The fourth-order valence-corrected chi connectivity index (χ4v) is 5.75. The van der Waals surface area contributed by atoms with Crippen LogP contribution in [0, 0.1) is 0 Å². The van der Waals surface area contributed by atoms with E-state index in [0.717, 1.165) is 5.39 Å². The normalized spacial score (nSPS) is 19.8. The lowest BCUT2D eigenvalue weighted by atomic mass is 9.96. The highest BCUT2D eigenvalue weighted by molar-refractivity contribution is 6.41. The zero-order valence-corrected chi connectivity index (χ0v) is 24.8. The average Bonchev–Trinajstić information content (AvgIpc) is 2.96. The predicted molar refractivity (Wildman–Crippen MR) is 158 cm³/mol. The number of pyridine rings is 1. The Labute approximate surface area is 248 Å². The molecule has 41 heavy (non-hydrogen) atoms. The number of carbonyl (C=O) groups excluding carboxylic acids is 1. The molecule has 0 bridgehead atoms. The van der Waals surface area contributed by atoms with Gasteiger partial charge in [0, 0.05) is 36.9 Å². The smallest absolute Gasteiger partial charge is 0.243 e. The summed E-state index contributed by atoms with van der Waals surface area (Å²) in [4.78, 5) is 28.5. The molecule has 2 aliphatic heterocycles. The average molecular weight is 604 g/mol. The molecule has 5 rings (SSSR count). The summed E-state index contributed by atoms with van der Waals surface area (Å²) in [7, 11) is 4.74. The molecule has 218 valence electrons. The second kappa shape index (κ2) is 11.8. The number of amides is 1. The van der Waals surface area contributed by atoms with Gasteiger partial charge in [0.15, 0.2) is 5.82 Å². The number of ether oxygens (including phenoxy) is 4. The summed E-state index contributed by atoms with van der Waals surface area (Å²) in [5.74, 6) is 1.59. The number of aromatic nitrogens is 3. The van der Waals surface area contributed by atoms with E-state index in [2.05, 4.69) is 27.1 Å². The zero-order valence-electron chi connectivity index (χ0n) is 23.3. The van der Waals surface area contributed by atoms with Crippen molar-refractivity contribution in [2.24, 2.45) is 0 Å². The van der Waals surface area contributed by atoms with Crippen LogP contribution in [0.25, 0.3) is 22.2 Å². The number of rotatable bonds is 9. The molecule has 2 N–H and O–H groups in total. The molecule has 2 aromatic heterocycles. The van der Waals surface area contributed by atoms with Crippen LogP contribution in [-0.2, 0) is 14.3 Å². The van der Waals surface area contributed by atoms with Crippen molar-refractivity contribution in [3.05, 3.63) is 41.0 Å². The quantitative estimate of drug-likeness (QED) is 0.346. The minimum absolute atomic E-state index is 0.168. The summed E-state index contributed by atoms with van der Waals surface area (Å²) in [6.07, 6.45) is 3.62. The topological polar surface area (TPSA) is 120 Å². The number of carbonyl (C=O) groups is 1. The van der Waals surface area contributed by atoms with Crippen molar-refractivity contribution in [2.45, 2.75) is 31.0 Å². The summed E-state index contributed by atoms with van der Waals surface area (Å²) < 4.78 is 22.3. The van der Waals surface area contributed by atoms with E-state index in [1.54, 1.807) is 19.4 Å². The lowest BCUT2D eigenvalue weighted by molar-refractivity contribution is -0.117. The van der Waals surface area contributed by atoms with E-state index in [-0.39, 0.29) is 23.6 Å². The minimum atomic E-state index is -0.317. The lowest BCUT2D eigenvalue weighted by Crippen LogP contribution is -2.61. The molecule has 0 radical (unpaired) electrons. The van der Waals surface area contributed by atoms with E-state index in [1.165, 1.54) is 20.3 Å². The van der Waals surface area contributed by atoms with Crippen molar-refractivity contribution < 1.29 is 23.7 Å². The van der Waals surface area contributed by atoms with Crippen molar-refractivity contribution in [1.82, 2.24) is 20.3 Å². The van der Waals surface area contributed by atoms with Gasteiger partial charge in [0.05, 0.1) is 67.3 Å². The number of nitrogens with zero attached hydrogens (tertiary/aromatic N) is 4. The number of fused-ring (bicyclic) bond motifs is 1. The number of benzene rings is 1. The van der Waals surface area contributed by atoms with E-state index >= 15 is 0 Å². The van der Waals surface area contributed by atoms with Crippen LogP contribution in [0.1, 0.15) is 13.3 Å². The van der Waals surface area contributed by atoms with Gasteiger partial charge in [-0.15, -0.1) is 0 Å². The van der Waals surface area contributed by atoms with Gasteiger partial charge in [-0.25, -0.2) is 15.0 Å². The van der Waals surface area contributed by atoms with Gasteiger partial charge < -0.3 is 34.5 Å². The van der Waals surface area contributed by atoms with Crippen molar-refractivity contribution in [3.8, 4) is 22.8 Å². The van der Waals surface area contributed by atoms with Crippen LogP contribution in [-0.4, -0.2) is 86.2 Å². The molecule has 1 aromatic carbocycles. The Morgan fingerprint density at radius 1 is 1.15 bits per heavy atom. The van der Waals surface area contributed by atoms with Crippen LogP contribution in [0.15, 0.2) is 31.0 Å². The molecule has 2 fully saturated rings. The van der Waals surface area contributed by atoms with E-state index in [0.29, 0.717) is 82.8 Å². The second-order valence-corrected chi connectivity index (χ2v) is 10.9. The van der Waals surface area contributed by atoms with Crippen LogP contribution >= 0.6 is 23.2 Å². The van der Waals surface area contributed by atoms with E-state index in [4.69, 9.17) is 52.1 Å². The Morgan fingerprint density at radius 3 is 2.49 bits per heavy atom. The first-order chi connectivity index (χ1) is 19.7. The fraction of sp³-hybridized carbons (Fsp3) is 0.429. The molecule has 2 atom stereocenters. The van der Waals surface area contributed by atoms with Gasteiger partial charge >= 0.3 is 0 Å². The maximum atomic E-state index is 12.0. The third kappa shape index (κ3) is 5.72. The Hall–Kier alpha value is -3.38. The Bertz CT molecular complexity index is 1450. The van der Waals surface area contributed by atoms with Gasteiger partial charge in [0.1, 0.15) is 17.0 Å². The first-order valence-electron chi connectivity index (χ1n) is 13.1. The van der Waals surface area contributed by atoms with Crippen molar-refractivity contribution >= 4 is 51.8 Å². The molecule has 0 aliphatic carbocycles. The largest absolute Gasteiger partial charge is 0.495 e. The van der Waals surface area contributed by atoms with Crippen LogP contribution in [0.4, 0.5) is 11.8 Å². The number of hydrogen-bond acceptors (Lipinski definition) is 10. The van der Waals surface area contributed by atoms with Gasteiger partial charge in [0.2, 0.25) is 11.9 Å². The van der Waals surface area contributed by atoms with Crippen LogP contribution in [0.2, 0.25) is 10.0 Å². The Balaban J connectivity index is 1.58. The highest BCUT2D eigenvalue weighted by Gasteiger charge is 2.41. The highest BCUT2D eigenvalue weighted by atomic mass is 35.5. The van der Waals surface area contributed by atoms with Crippen LogP contribution in [0.3, 0.4) is 0 Å². The molecule has 0 spiro atoms. The number of halogens is 2. The Morgan fingerprint density at radius 2 is 1.85 bits per heavy atom.